The van der Waals surface area contributed by atoms with E-state index >= 15 is 0 Å². The molecule has 2 aromatic heterocycles. The summed E-state index contributed by atoms with van der Waals surface area (Å²) in [7, 11) is 0. The van der Waals surface area contributed by atoms with Gasteiger partial charge in [-0.3, -0.25) is 20.4 Å². The van der Waals surface area contributed by atoms with Gasteiger partial charge >= 0.3 is 0 Å². The zero-order valence-electron chi connectivity index (χ0n) is 17.1. The number of hydrazine groups is 1. The van der Waals surface area contributed by atoms with Crippen molar-refractivity contribution in [3.05, 3.63) is 83.6 Å². The van der Waals surface area contributed by atoms with Crippen LogP contribution in [0.1, 0.15) is 41.4 Å². The van der Waals surface area contributed by atoms with E-state index in [0.717, 1.165) is 16.5 Å². The molecule has 0 spiro atoms. The Morgan fingerprint density at radius 2 is 1.84 bits per heavy atom. The van der Waals surface area contributed by atoms with Gasteiger partial charge in [-0.15, -0.1) is 0 Å². The number of nitrogens with zero attached hydrogens (tertiary/aromatic N) is 2. The number of carbonyl (C=O) groups is 2. The molecule has 3 N–H and O–H groups in total. The number of rotatable bonds is 5. The van der Waals surface area contributed by atoms with Crippen molar-refractivity contribution in [1.82, 2.24) is 25.6 Å². The lowest BCUT2D eigenvalue weighted by molar-refractivity contribution is -0.121. The highest BCUT2D eigenvalue weighted by Crippen LogP contribution is 2.23. The van der Waals surface area contributed by atoms with E-state index in [1.54, 1.807) is 23.0 Å². The Balaban J connectivity index is 1.47. The fourth-order valence-electron chi connectivity index (χ4n) is 3.57. The lowest BCUT2D eigenvalue weighted by Gasteiger charge is -2.13. The maximum Gasteiger partial charge on any atom is 0.273 e. The van der Waals surface area contributed by atoms with Crippen molar-refractivity contribution in [3.63, 3.8) is 0 Å². The van der Waals surface area contributed by atoms with Gasteiger partial charge in [0.25, 0.3) is 5.91 Å². The number of aromatic amines is 1. The van der Waals surface area contributed by atoms with Crippen LogP contribution >= 0.6 is 0 Å². The van der Waals surface area contributed by atoms with Crippen molar-refractivity contribution in [3.8, 4) is 5.69 Å². The maximum atomic E-state index is 13.3. The second-order valence-electron chi connectivity index (χ2n) is 7.52. The number of amides is 2. The number of H-pyrrole nitrogens is 1. The topological polar surface area (TPSA) is 91.8 Å². The average molecular weight is 419 g/mol. The van der Waals surface area contributed by atoms with E-state index in [9.17, 15) is 14.0 Å². The fraction of sp³-hybridized carbons (Fsp3) is 0.174. The number of nitrogens with one attached hydrogen (secondary N) is 3. The van der Waals surface area contributed by atoms with E-state index < -0.39 is 5.91 Å². The third-order valence-corrected chi connectivity index (χ3v) is 5.01. The summed E-state index contributed by atoms with van der Waals surface area (Å²) >= 11 is 0. The largest absolute Gasteiger partial charge is 0.361 e. The predicted molar refractivity (Wildman–Crippen MR) is 115 cm³/mol. The van der Waals surface area contributed by atoms with Crippen LogP contribution in [0, 0.1) is 5.82 Å². The summed E-state index contributed by atoms with van der Waals surface area (Å²) in [4.78, 5) is 28.2. The quantitative estimate of drug-likeness (QED) is 0.432. The number of aromatic nitrogens is 3. The molecule has 0 aliphatic heterocycles. The van der Waals surface area contributed by atoms with Crippen LogP contribution in [0.3, 0.4) is 0 Å². The molecular weight excluding hydrogens is 397 g/mol. The zero-order chi connectivity index (χ0) is 22.0. The molecule has 31 heavy (non-hydrogen) atoms. The number of fused-ring (bicyclic) bond motifs is 1. The summed E-state index contributed by atoms with van der Waals surface area (Å²) in [6.07, 6.45) is 3.35. The standard InChI is InChI=1S/C23H22FN5O2/c1-14(2)22-19(13-26-29(22)17-9-7-16(24)8-10-17)23(31)28-27-21(30)11-15-12-25-20-6-4-3-5-18(15)20/h3-10,12-14,25H,11H2,1-2H3,(H,27,30)(H,28,31). The third-order valence-electron chi connectivity index (χ3n) is 5.01. The Labute approximate surface area is 178 Å². The molecule has 0 aliphatic carbocycles. The van der Waals surface area contributed by atoms with E-state index in [0.29, 0.717) is 16.9 Å². The van der Waals surface area contributed by atoms with Gasteiger partial charge in [0, 0.05) is 17.1 Å². The lowest BCUT2D eigenvalue weighted by Crippen LogP contribution is -2.42. The molecular formula is C23H22FN5O2. The molecule has 4 rings (SSSR count). The number of hydrogen-bond donors (Lipinski definition) is 3. The van der Waals surface area contributed by atoms with Gasteiger partial charge in [-0.1, -0.05) is 32.0 Å². The van der Waals surface area contributed by atoms with Gasteiger partial charge in [-0.25, -0.2) is 9.07 Å². The molecule has 0 bridgehead atoms. The molecule has 0 saturated carbocycles. The maximum absolute atomic E-state index is 13.3. The first-order valence-electron chi connectivity index (χ1n) is 9.92. The number of halogens is 1. The Hall–Kier alpha value is -3.94. The molecule has 2 heterocycles. The first-order valence-corrected chi connectivity index (χ1v) is 9.92. The third kappa shape index (κ3) is 4.18. The van der Waals surface area contributed by atoms with Crippen LogP contribution in [-0.2, 0) is 11.2 Å². The number of carbonyl (C=O) groups excluding carboxylic acids is 2. The predicted octanol–water partition coefficient (Wildman–Crippen LogP) is 3.62. The Morgan fingerprint density at radius 3 is 2.58 bits per heavy atom. The molecule has 158 valence electrons. The minimum atomic E-state index is -0.468. The van der Waals surface area contributed by atoms with Crippen molar-refractivity contribution in [2.45, 2.75) is 26.2 Å². The highest BCUT2D eigenvalue weighted by atomic mass is 19.1. The van der Waals surface area contributed by atoms with Gasteiger partial charge in [0.05, 0.1) is 29.6 Å². The Kier molecular flexibility index (Phi) is 5.53. The Bertz CT molecular complexity index is 1240. The lowest BCUT2D eigenvalue weighted by atomic mass is 10.1. The summed E-state index contributed by atoms with van der Waals surface area (Å²) in [5.41, 5.74) is 8.37. The van der Waals surface area contributed by atoms with Gasteiger partial charge in [0.2, 0.25) is 5.91 Å². The molecule has 0 unspecified atom stereocenters. The van der Waals surface area contributed by atoms with Crippen molar-refractivity contribution < 1.29 is 14.0 Å². The zero-order valence-corrected chi connectivity index (χ0v) is 17.1. The van der Waals surface area contributed by atoms with Crippen LogP contribution in [-0.4, -0.2) is 26.6 Å². The smallest absolute Gasteiger partial charge is 0.273 e. The van der Waals surface area contributed by atoms with Gasteiger partial charge in [0.15, 0.2) is 0 Å². The Morgan fingerprint density at radius 1 is 1.10 bits per heavy atom. The molecule has 0 saturated heterocycles. The van der Waals surface area contributed by atoms with Gasteiger partial charge < -0.3 is 4.98 Å². The monoisotopic (exact) mass is 419 g/mol. The second-order valence-corrected chi connectivity index (χ2v) is 7.52. The van der Waals surface area contributed by atoms with E-state index in [2.05, 4.69) is 20.9 Å². The highest BCUT2D eigenvalue weighted by Gasteiger charge is 2.21. The molecule has 8 heteroatoms. The summed E-state index contributed by atoms with van der Waals surface area (Å²) in [6.45, 7) is 3.87. The average Bonchev–Trinajstić information content (AvgIpc) is 3.38. The van der Waals surface area contributed by atoms with E-state index in [1.165, 1.54) is 18.3 Å². The SMILES string of the molecule is CC(C)c1c(C(=O)NNC(=O)Cc2c[nH]c3ccccc23)cnn1-c1ccc(F)cc1. The van der Waals surface area contributed by atoms with Crippen molar-refractivity contribution in [2.24, 2.45) is 0 Å². The molecule has 2 aromatic carbocycles. The van der Waals surface area contributed by atoms with E-state index in [4.69, 9.17) is 0 Å². The molecule has 4 aromatic rings. The second kappa shape index (κ2) is 8.43. The summed E-state index contributed by atoms with van der Waals surface area (Å²) in [5, 5.41) is 5.26. The minimum absolute atomic E-state index is 0.0322. The van der Waals surface area contributed by atoms with Crippen LogP contribution < -0.4 is 10.9 Å². The number of para-hydroxylation sites is 1. The van der Waals surface area contributed by atoms with Crippen LogP contribution in [0.25, 0.3) is 16.6 Å². The van der Waals surface area contributed by atoms with Crippen molar-refractivity contribution in [1.29, 1.82) is 0 Å². The molecule has 0 aliphatic rings. The fourth-order valence-corrected chi connectivity index (χ4v) is 3.57. The molecule has 7 nitrogen and oxygen atoms in total. The van der Waals surface area contributed by atoms with Crippen LogP contribution in [0.5, 0.6) is 0 Å². The van der Waals surface area contributed by atoms with Crippen LogP contribution in [0.2, 0.25) is 0 Å². The summed E-state index contributed by atoms with van der Waals surface area (Å²) in [6, 6.07) is 13.6. The highest BCUT2D eigenvalue weighted by molar-refractivity contribution is 5.97. The number of benzene rings is 2. The van der Waals surface area contributed by atoms with Crippen LogP contribution in [0.4, 0.5) is 4.39 Å². The van der Waals surface area contributed by atoms with E-state index in [1.807, 2.05) is 38.1 Å². The summed E-state index contributed by atoms with van der Waals surface area (Å²) in [5.74, 6) is -1.19. The number of hydrogen-bond acceptors (Lipinski definition) is 3. The molecule has 2 amide bonds. The molecule has 0 radical (unpaired) electrons. The van der Waals surface area contributed by atoms with E-state index in [-0.39, 0.29) is 24.1 Å². The molecule has 0 fully saturated rings. The first-order chi connectivity index (χ1) is 14.9. The summed E-state index contributed by atoms with van der Waals surface area (Å²) < 4.78 is 14.9. The minimum Gasteiger partial charge on any atom is -0.361 e. The van der Waals surface area contributed by atoms with Gasteiger partial charge in [0.1, 0.15) is 5.82 Å². The van der Waals surface area contributed by atoms with Crippen molar-refractivity contribution >= 4 is 22.7 Å². The van der Waals surface area contributed by atoms with Crippen molar-refractivity contribution in [2.75, 3.05) is 0 Å². The normalized spacial score (nSPS) is 11.1. The van der Waals surface area contributed by atoms with Gasteiger partial charge in [-0.2, -0.15) is 5.10 Å². The van der Waals surface area contributed by atoms with Crippen LogP contribution in [0.15, 0.2) is 60.9 Å². The molecule has 0 atom stereocenters. The van der Waals surface area contributed by atoms with Gasteiger partial charge in [-0.05, 0) is 41.8 Å². The first kappa shape index (κ1) is 20.3.